The van der Waals surface area contributed by atoms with Crippen LogP contribution < -0.4 is 0 Å². The van der Waals surface area contributed by atoms with Gasteiger partial charge in [-0.05, 0) is 92.2 Å². The molecule has 1 aromatic carbocycles. The molecule has 0 aliphatic heterocycles. The number of ketones is 1. The van der Waals surface area contributed by atoms with Crippen LogP contribution in [-0.2, 0) is 16.1 Å². The zero-order valence-corrected chi connectivity index (χ0v) is 20.0. The van der Waals surface area contributed by atoms with E-state index >= 15 is 0 Å². The number of allylic oxidation sites excluding steroid dienone is 1. The summed E-state index contributed by atoms with van der Waals surface area (Å²) in [7, 11) is 0. The fraction of sp³-hybridized carbons (Fsp3) is 0.643. The summed E-state index contributed by atoms with van der Waals surface area (Å²) in [6.07, 6.45) is 11.2. The Labute approximate surface area is 196 Å². The lowest BCUT2D eigenvalue weighted by Crippen LogP contribution is -2.50. The van der Waals surface area contributed by atoms with Crippen molar-refractivity contribution in [3.63, 3.8) is 0 Å². The molecule has 0 bridgehead atoms. The van der Waals surface area contributed by atoms with E-state index in [0.717, 1.165) is 51.4 Å². The Morgan fingerprint density at radius 2 is 1.82 bits per heavy atom. The van der Waals surface area contributed by atoms with Gasteiger partial charge in [-0.3, -0.25) is 9.59 Å². The van der Waals surface area contributed by atoms with Crippen LogP contribution in [0.3, 0.4) is 0 Å². The van der Waals surface area contributed by atoms with Crippen molar-refractivity contribution in [2.24, 2.45) is 28.6 Å². The summed E-state index contributed by atoms with van der Waals surface area (Å²) in [5.41, 5.74) is 2.86. The second-order valence-corrected chi connectivity index (χ2v) is 11.4. The molecule has 3 saturated carbocycles. The number of aldehydes is 1. The topological polar surface area (TPSA) is 83.8 Å². The Morgan fingerprint density at radius 3 is 2.58 bits per heavy atom. The first-order valence-corrected chi connectivity index (χ1v) is 12.5. The van der Waals surface area contributed by atoms with Gasteiger partial charge >= 0.3 is 0 Å². The molecule has 5 heteroatoms. The van der Waals surface area contributed by atoms with Gasteiger partial charge in [-0.15, -0.1) is 0 Å². The number of phenolic OH excluding ortho intramolecular Hbond substituents is 2. The van der Waals surface area contributed by atoms with Crippen LogP contribution in [0.2, 0.25) is 0 Å². The predicted molar refractivity (Wildman–Crippen MR) is 125 cm³/mol. The molecular formula is C28H36O5. The number of Topliss-reactive ketones (excluding diaryl/α,β-unsaturated/α-hetero) is 1. The summed E-state index contributed by atoms with van der Waals surface area (Å²) in [6, 6.07) is 1.72. The molecule has 0 amide bonds. The van der Waals surface area contributed by atoms with Crippen LogP contribution in [0.25, 0.3) is 0 Å². The van der Waals surface area contributed by atoms with Gasteiger partial charge in [0.2, 0.25) is 0 Å². The maximum Gasteiger partial charge on any atom is 0.168 e. The van der Waals surface area contributed by atoms with Gasteiger partial charge in [0.05, 0.1) is 18.3 Å². The monoisotopic (exact) mass is 452 g/mol. The molecular weight excluding hydrogens is 416 g/mol. The third-order valence-corrected chi connectivity index (χ3v) is 9.95. The number of carbonyl (C=O) groups is 2. The first-order chi connectivity index (χ1) is 15.7. The molecule has 1 aromatic rings. The number of hydrogen-bond acceptors (Lipinski definition) is 5. The standard InChI is InChI=1S/C28H36O5/c1-16-12-17(21(14-29)26(32)25(16)31)15-33-19-8-10-27(2)18(13-19)4-5-20-22-6-7-24(30)28(22,3)11-9-23(20)27/h4,12,14,19-20,22-23,31-32H,5-11,13,15H2,1-3H3/t19?,20-,22?,23?,27-,28?/m0/s1. The highest BCUT2D eigenvalue weighted by atomic mass is 16.5. The zero-order chi connectivity index (χ0) is 23.5. The molecule has 6 atom stereocenters. The average Bonchev–Trinajstić information content (AvgIpc) is 3.10. The first kappa shape index (κ1) is 22.6. The molecule has 5 nitrogen and oxygen atoms in total. The Balaban J connectivity index is 1.31. The Morgan fingerprint density at radius 1 is 1.09 bits per heavy atom. The lowest BCUT2D eigenvalue weighted by atomic mass is 9.48. The maximum atomic E-state index is 12.6. The summed E-state index contributed by atoms with van der Waals surface area (Å²) in [4.78, 5) is 24.1. The first-order valence-electron chi connectivity index (χ1n) is 12.5. The van der Waals surface area contributed by atoms with E-state index in [1.54, 1.807) is 13.0 Å². The normalized spacial score (nSPS) is 37.7. The number of benzene rings is 1. The minimum Gasteiger partial charge on any atom is -0.504 e. The van der Waals surface area contributed by atoms with Crippen LogP contribution in [0.15, 0.2) is 17.7 Å². The molecule has 4 aliphatic carbocycles. The van der Waals surface area contributed by atoms with Crippen molar-refractivity contribution in [2.75, 3.05) is 0 Å². The van der Waals surface area contributed by atoms with E-state index < -0.39 is 0 Å². The fourth-order valence-electron chi connectivity index (χ4n) is 7.87. The molecule has 4 unspecified atom stereocenters. The van der Waals surface area contributed by atoms with Gasteiger partial charge in [-0.2, -0.15) is 0 Å². The average molecular weight is 453 g/mol. The molecule has 0 aromatic heterocycles. The number of aromatic hydroxyl groups is 2. The van der Waals surface area contributed by atoms with Crippen molar-refractivity contribution in [1.82, 2.24) is 0 Å². The van der Waals surface area contributed by atoms with Crippen molar-refractivity contribution >= 4 is 12.1 Å². The van der Waals surface area contributed by atoms with Crippen molar-refractivity contribution in [1.29, 1.82) is 0 Å². The predicted octanol–water partition coefficient (Wildman–Crippen LogP) is 5.64. The van der Waals surface area contributed by atoms with E-state index in [0.29, 0.717) is 41.0 Å². The molecule has 5 rings (SSSR count). The number of phenols is 2. The van der Waals surface area contributed by atoms with Gasteiger partial charge in [0.15, 0.2) is 17.8 Å². The molecule has 0 spiro atoms. The van der Waals surface area contributed by atoms with Gasteiger partial charge < -0.3 is 14.9 Å². The van der Waals surface area contributed by atoms with E-state index in [1.807, 2.05) is 0 Å². The van der Waals surface area contributed by atoms with Crippen LogP contribution in [0.1, 0.15) is 86.7 Å². The third kappa shape index (κ3) is 3.38. The number of rotatable bonds is 4. The summed E-state index contributed by atoms with van der Waals surface area (Å²) < 4.78 is 6.25. The molecule has 3 fully saturated rings. The Kier molecular flexibility index (Phi) is 5.47. The lowest BCUT2D eigenvalue weighted by Gasteiger charge is -2.57. The molecule has 178 valence electrons. The van der Waals surface area contributed by atoms with Crippen molar-refractivity contribution in [3.05, 3.63) is 34.4 Å². The fourth-order valence-corrected chi connectivity index (χ4v) is 7.87. The summed E-state index contributed by atoms with van der Waals surface area (Å²) in [5, 5.41) is 20.1. The molecule has 4 aliphatic rings. The van der Waals surface area contributed by atoms with Crippen molar-refractivity contribution in [2.45, 2.75) is 84.8 Å². The molecule has 0 heterocycles. The van der Waals surface area contributed by atoms with Crippen LogP contribution >= 0.6 is 0 Å². The SMILES string of the molecule is Cc1cc(COC2CC[C@@]3(C)C(=CC[C@H]4C5CCC(=O)C5(C)CCC43)C2)c(C=O)c(O)c1O. The Hall–Kier alpha value is -2.14. The van der Waals surface area contributed by atoms with Gasteiger partial charge in [0, 0.05) is 11.8 Å². The molecule has 0 saturated heterocycles. The van der Waals surface area contributed by atoms with Gasteiger partial charge in [-0.25, -0.2) is 0 Å². The minimum absolute atomic E-state index is 0.0820. The van der Waals surface area contributed by atoms with Crippen LogP contribution in [0.4, 0.5) is 0 Å². The minimum atomic E-state index is -0.365. The van der Waals surface area contributed by atoms with Crippen molar-refractivity contribution in [3.8, 4) is 11.5 Å². The van der Waals surface area contributed by atoms with Crippen LogP contribution in [0.5, 0.6) is 11.5 Å². The van der Waals surface area contributed by atoms with E-state index in [1.165, 1.54) is 5.57 Å². The molecule has 33 heavy (non-hydrogen) atoms. The van der Waals surface area contributed by atoms with Crippen molar-refractivity contribution < 1.29 is 24.5 Å². The van der Waals surface area contributed by atoms with Crippen LogP contribution in [0, 0.1) is 35.5 Å². The third-order valence-electron chi connectivity index (χ3n) is 9.95. The van der Waals surface area contributed by atoms with E-state index in [-0.39, 0.29) is 40.6 Å². The second kappa shape index (κ2) is 7.97. The highest BCUT2D eigenvalue weighted by Crippen LogP contribution is 2.64. The van der Waals surface area contributed by atoms with Gasteiger partial charge in [0.25, 0.3) is 0 Å². The number of hydrogen-bond donors (Lipinski definition) is 2. The van der Waals surface area contributed by atoms with E-state index in [9.17, 15) is 19.8 Å². The summed E-state index contributed by atoms with van der Waals surface area (Å²) in [6.45, 7) is 6.62. The molecule has 2 N–H and O–H groups in total. The van der Waals surface area contributed by atoms with E-state index in [4.69, 9.17) is 4.74 Å². The maximum absolute atomic E-state index is 12.6. The highest BCUT2D eigenvalue weighted by molar-refractivity contribution is 5.87. The van der Waals surface area contributed by atoms with Crippen LogP contribution in [-0.4, -0.2) is 28.4 Å². The number of ether oxygens (including phenoxy) is 1. The number of carbonyl (C=O) groups excluding carboxylic acids is 2. The Bertz CT molecular complexity index is 1030. The van der Waals surface area contributed by atoms with Gasteiger partial charge in [0.1, 0.15) is 5.78 Å². The second-order valence-electron chi connectivity index (χ2n) is 11.4. The lowest BCUT2D eigenvalue weighted by molar-refractivity contribution is -0.132. The summed E-state index contributed by atoms with van der Waals surface area (Å²) >= 11 is 0. The largest absolute Gasteiger partial charge is 0.504 e. The summed E-state index contributed by atoms with van der Waals surface area (Å²) in [5.74, 6) is 1.70. The van der Waals surface area contributed by atoms with Gasteiger partial charge in [-0.1, -0.05) is 25.5 Å². The number of fused-ring (bicyclic) bond motifs is 5. The quantitative estimate of drug-likeness (QED) is 0.351. The zero-order valence-electron chi connectivity index (χ0n) is 20.0. The molecule has 0 radical (unpaired) electrons. The van der Waals surface area contributed by atoms with E-state index in [2.05, 4.69) is 19.9 Å². The number of aryl methyl sites for hydroxylation is 1. The smallest absolute Gasteiger partial charge is 0.168 e. The highest BCUT2D eigenvalue weighted by Gasteiger charge is 2.58.